The summed E-state index contributed by atoms with van der Waals surface area (Å²) < 4.78 is 38.1. The van der Waals surface area contributed by atoms with Crippen LogP contribution in [0, 0.1) is 0 Å². The molecule has 0 radical (unpaired) electrons. The Morgan fingerprint density at radius 1 is 0.522 bits per heavy atom. The molecule has 0 atom stereocenters. The highest BCUT2D eigenvalue weighted by atomic mass is 16.6. The van der Waals surface area contributed by atoms with Crippen LogP contribution in [0.5, 0.6) is 5.75 Å². The van der Waals surface area contributed by atoms with Gasteiger partial charge in [-0.1, -0.05) is 0 Å². The topological polar surface area (TPSA) is 212 Å². The average molecular weight is 951 g/mol. The second-order valence-corrected chi connectivity index (χ2v) is 19.1. The van der Waals surface area contributed by atoms with Crippen LogP contribution in [0.25, 0.3) is 0 Å². The fraction of sp³-hybridized carbons (Fsp3) is 0.723. The number of rotatable bonds is 21. The molecule has 1 aromatic carbocycles. The first-order valence-corrected chi connectivity index (χ1v) is 23.1. The number of esters is 6. The van der Waals surface area contributed by atoms with E-state index in [1.165, 1.54) is 4.90 Å². The molecule has 1 fully saturated rings. The first-order valence-electron chi connectivity index (χ1n) is 23.1. The Bertz CT molecular complexity index is 1710. The highest BCUT2D eigenvalue weighted by molar-refractivity contribution is 5.92. The van der Waals surface area contributed by atoms with E-state index in [1.807, 2.05) is 19.6 Å². The molecule has 0 bridgehead atoms. The summed E-state index contributed by atoms with van der Waals surface area (Å²) in [5.74, 6) is -3.09. The maximum Gasteiger partial charge on any atom is 0.344 e. The number of carbonyl (C=O) groups excluding carboxylic acids is 7. The molecule has 1 aliphatic rings. The largest absolute Gasteiger partial charge is 0.482 e. The van der Waals surface area contributed by atoms with Crippen LogP contribution in [0.15, 0.2) is 18.2 Å². The number of anilines is 1. The van der Waals surface area contributed by atoms with E-state index < -0.39 is 59.2 Å². The number of hydrogen-bond donors (Lipinski definition) is 1. The van der Waals surface area contributed by atoms with Crippen molar-refractivity contribution in [1.29, 1.82) is 0 Å². The van der Waals surface area contributed by atoms with Crippen molar-refractivity contribution in [2.24, 2.45) is 0 Å². The van der Waals surface area contributed by atoms with Crippen molar-refractivity contribution in [2.45, 2.75) is 106 Å². The zero-order chi connectivity index (χ0) is 50.4. The molecular weight excluding hydrogens is 873 g/mol. The van der Waals surface area contributed by atoms with Gasteiger partial charge in [0.15, 0.2) is 6.61 Å². The molecule has 0 aromatic heterocycles. The Morgan fingerprint density at radius 3 is 1.24 bits per heavy atom. The molecule has 1 aliphatic heterocycles. The number of benzene rings is 1. The third kappa shape index (κ3) is 26.9. The minimum absolute atomic E-state index is 0.000832. The molecule has 20 heteroatoms. The molecule has 1 N–H and O–H groups in total. The van der Waals surface area contributed by atoms with Crippen molar-refractivity contribution >= 4 is 47.4 Å². The summed E-state index contributed by atoms with van der Waals surface area (Å²) in [5, 5.41) is 2.95. The minimum atomic E-state index is -0.709. The molecule has 20 nitrogen and oxygen atoms in total. The second kappa shape index (κ2) is 28.4. The molecule has 1 saturated heterocycles. The van der Waals surface area contributed by atoms with E-state index in [4.69, 9.17) is 33.2 Å². The van der Waals surface area contributed by atoms with Gasteiger partial charge in [0.1, 0.15) is 22.6 Å². The molecular formula is C47H78N6O14. The van der Waals surface area contributed by atoms with Gasteiger partial charge in [-0.2, -0.15) is 0 Å². The first kappa shape index (κ1) is 58.2. The summed E-state index contributed by atoms with van der Waals surface area (Å²) in [6.07, 6.45) is 0. The van der Waals surface area contributed by atoms with Crippen molar-refractivity contribution in [2.75, 3.05) is 123 Å². The van der Waals surface area contributed by atoms with Gasteiger partial charge >= 0.3 is 35.8 Å². The van der Waals surface area contributed by atoms with Crippen LogP contribution < -0.4 is 10.1 Å². The lowest BCUT2D eigenvalue weighted by Crippen LogP contribution is -2.50. The van der Waals surface area contributed by atoms with Crippen LogP contribution >= 0.6 is 0 Å². The third-order valence-corrected chi connectivity index (χ3v) is 9.32. The molecule has 1 amide bonds. The number of carbonyl (C=O) groups is 7. The zero-order valence-electron chi connectivity index (χ0n) is 42.1. The van der Waals surface area contributed by atoms with Gasteiger partial charge in [0.2, 0.25) is 5.91 Å². The number of amides is 1. The monoisotopic (exact) mass is 951 g/mol. The van der Waals surface area contributed by atoms with Crippen LogP contribution in [0.3, 0.4) is 0 Å². The Kier molecular flexibility index (Phi) is 24.7. The van der Waals surface area contributed by atoms with Crippen LogP contribution in [0.2, 0.25) is 0 Å². The molecule has 0 unspecified atom stereocenters. The van der Waals surface area contributed by atoms with Gasteiger partial charge in [-0.05, 0) is 101 Å². The summed E-state index contributed by atoms with van der Waals surface area (Å²) in [6.45, 7) is 23.4. The average Bonchev–Trinajstić information content (AvgIpc) is 3.16. The van der Waals surface area contributed by atoms with Crippen molar-refractivity contribution < 1.29 is 66.7 Å². The van der Waals surface area contributed by atoms with E-state index >= 15 is 0 Å². The summed E-state index contributed by atoms with van der Waals surface area (Å²) in [6, 6.07) is 4.81. The summed E-state index contributed by atoms with van der Waals surface area (Å²) in [7, 11) is 0. The molecule has 67 heavy (non-hydrogen) atoms. The second-order valence-electron chi connectivity index (χ2n) is 19.1. The van der Waals surface area contributed by atoms with Crippen molar-refractivity contribution in [3.05, 3.63) is 23.8 Å². The van der Waals surface area contributed by atoms with E-state index in [1.54, 1.807) is 101 Å². The van der Waals surface area contributed by atoms with Gasteiger partial charge < -0.3 is 38.5 Å². The normalized spacial score (nSPS) is 15.4. The highest BCUT2D eigenvalue weighted by Gasteiger charge is 2.27. The molecule has 1 aromatic rings. The van der Waals surface area contributed by atoms with E-state index in [0.29, 0.717) is 63.6 Å². The predicted molar refractivity (Wildman–Crippen MR) is 249 cm³/mol. The standard InChI is InChI=1S/C47H78N6O14/c1-13-61-39(55)29-53(30-40(56)62-14-2)27-35-26-36(16-17-37(35)64-34-44(60)63-15-3)48-38(54)28-49-18-20-50(31-41(57)65-45(4,5)6)22-24-52(33-43(59)67-47(10,11)12)25-23-51(21-19-49)32-42(58)66-46(7,8)9/h16-17,26H,13-15,18-25,27-34H2,1-12H3,(H,48,54). The van der Waals surface area contributed by atoms with Crippen LogP contribution in [0.4, 0.5) is 5.69 Å². The summed E-state index contributed by atoms with van der Waals surface area (Å²) >= 11 is 0. The lowest BCUT2D eigenvalue weighted by molar-refractivity contribution is -0.158. The van der Waals surface area contributed by atoms with E-state index in [-0.39, 0.29) is 77.3 Å². The van der Waals surface area contributed by atoms with E-state index in [0.717, 1.165) is 0 Å². The van der Waals surface area contributed by atoms with Crippen LogP contribution in [-0.2, 0) is 68.5 Å². The number of ether oxygens (including phenoxy) is 7. The van der Waals surface area contributed by atoms with Crippen molar-refractivity contribution in [1.82, 2.24) is 24.5 Å². The fourth-order valence-electron chi connectivity index (χ4n) is 6.73. The molecule has 2 rings (SSSR count). The van der Waals surface area contributed by atoms with Crippen LogP contribution in [-0.4, -0.2) is 201 Å². The maximum atomic E-state index is 14.0. The molecule has 0 aliphatic carbocycles. The number of nitrogens with zero attached hydrogens (tertiary/aromatic N) is 5. The summed E-state index contributed by atoms with van der Waals surface area (Å²) in [4.78, 5) is 100.0. The number of nitrogens with one attached hydrogen (secondary N) is 1. The van der Waals surface area contributed by atoms with Gasteiger partial charge in [0.05, 0.1) is 59.1 Å². The smallest absolute Gasteiger partial charge is 0.344 e. The SMILES string of the molecule is CCOC(=O)COc1ccc(NC(=O)CN2CCN(CC(=O)OC(C)(C)C)CCN(CC(=O)OC(C)(C)C)CCN(CC(=O)OC(C)(C)C)CC2)cc1CN(CC(=O)OCC)CC(=O)OCC. The molecule has 0 saturated carbocycles. The quantitative estimate of drug-likeness (QED) is 0.139. The van der Waals surface area contributed by atoms with E-state index in [9.17, 15) is 33.6 Å². The van der Waals surface area contributed by atoms with Gasteiger partial charge in [-0.15, -0.1) is 0 Å². The van der Waals surface area contributed by atoms with Crippen LogP contribution in [0.1, 0.15) is 88.6 Å². The first-order chi connectivity index (χ1) is 31.3. The van der Waals surface area contributed by atoms with E-state index in [2.05, 4.69) is 5.32 Å². The fourth-order valence-corrected chi connectivity index (χ4v) is 6.73. The highest BCUT2D eigenvalue weighted by Crippen LogP contribution is 2.25. The number of hydrogen-bond acceptors (Lipinski definition) is 19. The summed E-state index contributed by atoms with van der Waals surface area (Å²) in [5.41, 5.74) is -1.29. The van der Waals surface area contributed by atoms with Gasteiger partial charge in [-0.3, -0.25) is 53.3 Å². The zero-order valence-corrected chi connectivity index (χ0v) is 42.1. The lowest BCUT2D eigenvalue weighted by atomic mass is 10.1. The van der Waals surface area contributed by atoms with Gasteiger partial charge in [-0.25, -0.2) is 4.79 Å². The Labute approximate surface area is 397 Å². The Balaban J connectivity index is 2.48. The molecule has 380 valence electrons. The van der Waals surface area contributed by atoms with Crippen molar-refractivity contribution in [3.8, 4) is 5.75 Å². The molecule has 1 heterocycles. The maximum absolute atomic E-state index is 14.0. The third-order valence-electron chi connectivity index (χ3n) is 9.32. The van der Waals surface area contributed by atoms with Gasteiger partial charge in [0, 0.05) is 70.2 Å². The minimum Gasteiger partial charge on any atom is -0.482 e. The van der Waals surface area contributed by atoms with Crippen molar-refractivity contribution in [3.63, 3.8) is 0 Å². The lowest BCUT2D eigenvalue weighted by Gasteiger charge is -2.34. The predicted octanol–water partition coefficient (Wildman–Crippen LogP) is 2.74. The molecule has 0 spiro atoms. The van der Waals surface area contributed by atoms with Gasteiger partial charge in [0.25, 0.3) is 0 Å². The Morgan fingerprint density at radius 2 is 0.881 bits per heavy atom. The Hall–Kier alpha value is -4.89.